The highest BCUT2D eigenvalue weighted by atomic mass is 35.5. The Morgan fingerprint density at radius 2 is 1.33 bits per heavy atom. The normalized spacial score (nSPS) is 10.6. The summed E-state index contributed by atoms with van der Waals surface area (Å²) in [6.45, 7) is 9.56. The van der Waals surface area contributed by atoms with Crippen molar-refractivity contribution < 1.29 is 41.8 Å². The van der Waals surface area contributed by atoms with Gasteiger partial charge >= 0.3 is 18.1 Å². The first-order valence-electron chi connectivity index (χ1n) is 13.2. The number of methoxy groups -OCH3 is 2. The second kappa shape index (κ2) is 16.4. The monoisotopic (exact) mass is 697 g/mol. The van der Waals surface area contributed by atoms with Crippen molar-refractivity contribution in [1.29, 1.82) is 0 Å². The van der Waals surface area contributed by atoms with Crippen LogP contribution >= 0.6 is 34.3 Å². The van der Waals surface area contributed by atoms with Crippen molar-refractivity contribution in [2.45, 2.75) is 47.2 Å². The summed E-state index contributed by atoms with van der Waals surface area (Å²) in [6.07, 6.45) is -4.36. The fourth-order valence-electron chi connectivity index (χ4n) is 3.74. The number of carbonyl (C=O) groups excluding carboxylic acids is 4. The number of anilines is 1. The number of thiazole rings is 2. The fraction of sp³-hybridized carbons (Fsp3) is 0.290. The molecule has 2 aromatic carbocycles. The number of hydrogen-bond acceptors (Lipinski definition) is 11. The first kappa shape index (κ1) is 38.0. The molecule has 0 radical (unpaired) electrons. The van der Waals surface area contributed by atoms with Crippen LogP contribution in [0.25, 0.3) is 0 Å². The highest BCUT2D eigenvalue weighted by Gasteiger charge is 2.34. The molecular weight excluding hydrogens is 667 g/mol. The third kappa shape index (κ3) is 9.93. The van der Waals surface area contributed by atoms with Gasteiger partial charge in [-0.1, -0.05) is 12.1 Å². The van der Waals surface area contributed by atoms with E-state index >= 15 is 0 Å². The summed E-state index contributed by atoms with van der Waals surface area (Å²) in [5.41, 5.74) is 11.6. The highest BCUT2D eigenvalue weighted by Crippen LogP contribution is 2.30. The van der Waals surface area contributed by atoms with Crippen LogP contribution in [0.15, 0.2) is 35.0 Å². The van der Waals surface area contributed by atoms with E-state index < -0.39 is 23.1 Å². The van der Waals surface area contributed by atoms with Crippen molar-refractivity contribution in [1.82, 2.24) is 9.97 Å². The first-order valence-corrected chi connectivity index (χ1v) is 15.4. The molecule has 0 amide bonds. The number of halogens is 4. The van der Waals surface area contributed by atoms with Gasteiger partial charge in [0.2, 0.25) is 0 Å². The Balaban J connectivity index is 0.000000255. The van der Waals surface area contributed by atoms with E-state index in [-0.39, 0.29) is 23.2 Å². The number of aromatic nitrogens is 2. The average Bonchev–Trinajstić information content (AvgIpc) is 3.69. The number of Topliss-reactive ketones (excluding diaryl/α,β-unsaturated/α-hetero) is 1. The summed E-state index contributed by atoms with van der Waals surface area (Å²) < 4.78 is 45.0. The lowest BCUT2D eigenvalue weighted by Crippen LogP contribution is -2.13. The van der Waals surface area contributed by atoms with Crippen molar-refractivity contribution >= 4 is 62.9 Å². The summed E-state index contributed by atoms with van der Waals surface area (Å²) in [7, 11) is 2.68. The second-order valence-electron chi connectivity index (χ2n) is 9.69. The SMILES string of the molecule is COC(=O)c1ccc(C)c(C)c1CC(=O)c1nc(C)cs1.COC(=O)c1ccc(C)c(C)c1N.O=C(Cl)c1nc(C(F)(F)F)cs1. The molecule has 0 atom stereocenters. The molecule has 15 heteroatoms. The molecule has 46 heavy (non-hydrogen) atoms. The second-order valence-corrected chi connectivity index (χ2v) is 11.7. The van der Waals surface area contributed by atoms with Crippen LogP contribution in [-0.4, -0.2) is 47.2 Å². The van der Waals surface area contributed by atoms with Gasteiger partial charge in [-0.3, -0.25) is 9.59 Å². The maximum absolute atomic E-state index is 12.3. The number of nitrogen functional groups attached to an aromatic ring is 1. The van der Waals surface area contributed by atoms with E-state index in [1.807, 2.05) is 52.1 Å². The maximum atomic E-state index is 12.3. The van der Waals surface area contributed by atoms with Gasteiger partial charge in [0.1, 0.15) is 0 Å². The number of alkyl halides is 3. The quantitative estimate of drug-likeness (QED) is 0.0939. The van der Waals surface area contributed by atoms with E-state index in [0.717, 1.165) is 38.9 Å². The Morgan fingerprint density at radius 1 is 0.804 bits per heavy atom. The topological polar surface area (TPSA) is 139 Å². The Morgan fingerprint density at radius 3 is 1.78 bits per heavy atom. The van der Waals surface area contributed by atoms with Gasteiger partial charge in [0.15, 0.2) is 21.5 Å². The third-order valence-electron chi connectivity index (χ3n) is 6.62. The van der Waals surface area contributed by atoms with Gasteiger partial charge in [0.25, 0.3) is 5.24 Å². The number of aryl methyl sites for hydroxylation is 3. The molecule has 2 heterocycles. The van der Waals surface area contributed by atoms with Crippen LogP contribution in [0.4, 0.5) is 18.9 Å². The van der Waals surface area contributed by atoms with Gasteiger partial charge in [-0.05, 0) is 86.2 Å². The van der Waals surface area contributed by atoms with Gasteiger partial charge in [0, 0.05) is 28.6 Å². The van der Waals surface area contributed by atoms with Crippen molar-refractivity contribution in [3.05, 3.63) is 95.4 Å². The summed E-state index contributed by atoms with van der Waals surface area (Å²) in [6, 6.07) is 7.12. The van der Waals surface area contributed by atoms with E-state index in [1.54, 1.807) is 12.1 Å². The van der Waals surface area contributed by atoms with Crippen LogP contribution < -0.4 is 5.73 Å². The number of benzene rings is 2. The van der Waals surface area contributed by atoms with Crippen LogP contribution in [0.5, 0.6) is 0 Å². The molecule has 0 spiro atoms. The Kier molecular flexibility index (Phi) is 13.6. The van der Waals surface area contributed by atoms with E-state index in [4.69, 9.17) is 22.1 Å². The Hall–Kier alpha value is -4.14. The lowest BCUT2D eigenvalue weighted by molar-refractivity contribution is -0.140. The molecule has 2 aromatic heterocycles. The minimum Gasteiger partial charge on any atom is -0.465 e. The number of esters is 2. The number of ketones is 1. The van der Waals surface area contributed by atoms with E-state index in [1.165, 1.54) is 25.6 Å². The van der Waals surface area contributed by atoms with E-state index in [0.29, 0.717) is 33.2 Å². The van der Waals surface area contributed by atoms with Crippen molar-refractivity contribution in [2.24, 2.45) is 0 Å². The predicted molar refractivity (Wildman–Crippen MR) is 171 cm³/mol. The maximum Gasteiger partial charge on any atom is 0.434 e. The van der Waals surface area contributed by atoms with Gasteiger partial charge in [-0.15, -0.1) is 22.7 Å². The summed E-state index contributed by atoms with van der Waals surface area (Å²) in [4.78, 5) is 52.9. The van der Waals surface area contributed by atoms with Gasteiger partial charge < -0.3 is 15.2 Å². The van der Waals surface area contributed by atoms with Crippen LogP contribution in [0.2, 0.25) is 0 Å². The molecular formula is C31H31ClF3N3O6S2. The van der Waals surface area contributed by atoms with Crippen LogP contribution in [0.1, 0.15) is 79.5 Å². The first-order chi connectivity index (χ1) is 21.4. The molecule has 0 saturated heterocycles. The molecule has 0 fully saturated rings. The fourth-order valence-corrected chi connectivity index (χ4v) is 5.31. The van der Waals surface area contributed by atoms with E-state index in [2.05, 4.69) is 14.7 Å². The van der Waals surface area contributed by atoms with Crippen LogP contribution in [0, 0.1) is 34.6 Å². The molecule has 0 aliphatic carbocycles. The smallest absolute Gasteiger partial charge is 0.434 e. The lowest BCUT2D eigenvalue weighted by Gasteiger charge is -2.12. The predicted octanol–water partition coefficient (Wildman–Crippen LogP) is 7.49. The van der Waals surface area contributed by atoms with Gasteiger partial charge in [-0.25, -0.2) is 19.6 Å². The number of ether oxygens (including phenoxy) is 2. The minimum atomic E-state index is -4.51. The minimum absolute atomic E-state index is 0.0769. The van der Waals surface area contributed by atoms with Crippen molar-refractivity contribution in [3.63, 3.8) is 0 Å². The number of hydrogen-bond donors (Lipinski definition) is 1. The zero-order valence-corrected chi connectivity index (χ0v) is 28.3. The molecule has 4 rings (SSSR count). The number of rotatable bonds is 6. The largest absolute Gasteiger partial charge is 0.465 e. The molecule has 246 valence electrons. The summed E-state index contributed by atoms with van der Waals surface area (Å²) >= 11 is 6.81. The molecule has 2 N–H and O–H groups in total. The highest BCUT2D eigenvalue weighted by molar-refractivity contribution is 7.13. The Bertz CT molecular complexity index is 1750. The standard InChI is InChI=1S/C16H17NO3S.C10H13NO2.C5HClF3NOS/c1-9-5-6-12(16(19)20-4)13(11(9)3)7-14(18)15-17-10(2)8-21-15;1-6-4-5-8(10(12)13-3)9(11)7(6)2;6-3(11)4-10-2(1-12-4)5(7,8)9/h5-6,8H,7H2,1-4H3;4-5H,11H2,1-3H3;1H. The molecule has 0 aliphatic heterocycles. The molecule has 0 unspecified atom stereocenters. The molecule has 4 aromatic rings. The zero-order chi connectivity index (χ0) is 34.9. The lowest BCUT2D eigenvalue weighted by atomic mass is 9.94. The summed E-state index contributed by atoms with van der Waals surface area (Å²) in [5.74, 6) is -0.885. The molecule has 9 nitrogen and oxygen atoms in total. The molecule has 0 saturated carbocycles. The zero-order valence-electron chi connectivity index (χ0n) is 25.9. The van der Waals surface area contributed by atoms with Crippen LogP contribution in [-0.2, 0) is 22.1 Å². The third-order valence-corrected chi connectivity index (χ3v) is 8.76. The number of carbonyl (C=O) groups is 4. The van der Waals surface area contributed by atoms with Crippen molar-refractivity contribution in [3.8, 4) is 0 Å². The van der Waals surface area contributed by atoms with Gasteiger partial charge in [-0.2, -0.15) is 13.2 Å². The van der Waals surface area contributed by atoms with E-state index in [9.17, 15) is 32.3 Å². The van der Waals surface area contributed by atoms with Crippen molar-refractivity contribution in [2.75, 3.05) is 20.0 Å². The molecule has 0 aliphatic rings. The summed E-state index contributed by atoms with van der Waals surface area (Å²) in [5, 5.41) is 1.75. The Labute approximate surface area is 276 Å². The van der Waals surface area contributed by atoms with Gasteiger partial charge in [0.05, 0.1) is 25.3 Å². The number of nitrogens with two attached hydrogens (primary N) is 1. The van der Waals surface area contributed by atoms with Crippen LogP contribution in [0.3, 0.4) is 0 Å². The average molecular weight is 698 g/mol. The molecule has 0 bridgehead atoms. The number of nitrogens with zero attached hydrogens (tertiary/aromatic N) is 2.